The number of rotatable bonds is 7. The first-order valence-corrected chi connectivity index (χ1v) is 7.70. The van der Waals surface area contributed by atoms with Crippen LogP contribution in [0.25, 0.3) is 0 Å². The van der Waals surface area contributed by atoms with Crippen molar-refractivity contribution in [1.82, 2.24) is 10.6 Å². The highest BCUT2D eigenvalue weighted by Gasteiger charge is 2.22. The summed E-state index contributed by atoms with van der Waals surface area (Å²) < 4.78 is 0. The van der Waals surface area contributed by atoms with Gasteiger partial charge in [0.05, 0.1) is 6.10 Å². The molecule has 1 rings (SSSR count). The Bertz CT molecular complexity index is 265. The molecule has 3 N–H and O–H groups in total. The van der Waals surface area contributed by atoms with Crippen LogP contribution in [0, 0.1) is 17.8 Å². The van der Waals surface area contributed by atoms with Crippen molar-refractivity contribution in [2.24, 2.45) is 17.8 Å². The molecule has 3 atom stereocenters. The molecule has 3 unspecified atom stereocenters. The second-order valence-corrected chi connectivity index (χ2v) is 6.03. The summed E-state index contributed by atoms with van der Waals surface area (Å²) in [5.41, 5.74) is 0. The van der Waals surface area contributed by atoms with Crippen molar-refractivity contribution >= 4 is 5.91 Å². The summed E-state index contributed by atoms with van der Waals surface area (Å²) in [6, 6.07) is 0. The molecule has 1 aliphatic heterocycles. The van der Waals surface area contributed by atoms with Gasteiger partial charge in [-0.05, 0) is 43.7 Å². The van der Waals surface area contributed by atoms with Crippen molar-refractivity contribution in [1.29, 1.82) is 0 Å². The van der Waals surface area contributed by atoms with Crippen molar-refractivity contribution < 1.29 is 9.90 Å². The molecule has 1 saturated heterocycles. The monoisotopic (exact) mass is 270 g/mol. The number of nitrogens with one attached hydrogen (secondary N) is 2. The molecule has 0 aromatic rings. The average Bonchev–Trinajstić information content (AvgIpc) is 2.44. The van der Waals surface area contributed by atoms with Gasteiger partial charge in [-0.25, -0.2) is 0 Å². The van der Waals surface area contributed by atoms with Gasteiger partial charge in [0.2, 0.25) is 5.91 Å². The SMILES string of the molecule is CCC(C)C(O)CNC(=O)CC(C)C1CCNCC1. The van der Waals surface area contributed by atoms with Crippen LogP contribution in [0.5, 0.6) is 0 Å². The van der Waals surface area contributed by atoms with Crippen LogP contribution in [-0.2, 0) is 4.79 Å². The molecule has 0 aliphatic carbocycles. The molecule has 4 nitrogen and oxygen atoms in total. The minimum absolute atomic E-state index is 0.0772. The van der Waals surface area contributed by atoms with E-state index >= 15 is 0 Å². The summed E-state index contributed by atoms with van der Waals surface area (Å²) in [5.74, 6) is 1.41. The molecule has 112 valence electrons. The summed E-state index contributed by atoms with van der Waals surface area (Å²) in [6.45, 7) is 8.75. The Hall–Kier alpha value is -0.610. The highest BCUT2D eigenvalue weighted by molar-refractivity contribution is 5.76. The molecule has 0 spiro atoms. The van der Waals surface area contributed by atoms with E-state index in [1.807, 2.05) is 6.92 Å². The molecule has 4 heteroatoms. The second kappa shape index (κ2) is 8.54. The number of hydrogen-bond donors (Lipinski definition) is 3. The van der Waals surface area contributed by atoms with Crippen molar-refractivity contribution in [3.63, 3.8) is 0 Å². The van der Waals surface area contributed by atoms with Crippen LogP contribution in [-0.4, -0.2) is 36.8 Å². The quantitative estimate of drug-likeness (QED) is 0.657. The fourth-order valence-corrected chi connectivity index (χ4v) is 2.64. The van der Waals surface area contributed by atoms with Crippen LogP contribution < -0.4 is 10.6 Å². The topological polar surface area (TPSA) is 61.4 Å². The molecule has 1 fully saturated rings. The Morgan fingerprint density at radius 2 is 2.00 bits per heavy atom. The molecular weight excluding hydrogens is 240 g/mol. The van der Waals surface area contributed by atoms with Gasteiger partial charge in [0.25, 0.3) is 0 Å². The molecule has 1 amide bonds. The molecule has 0 bridgehead atoms. The summed E-state index contributed by atoms with van der Waals surface area (Å²) in [5, 5.41) is 16.0. The molecule has 0 aromatic carbocycles. The molecular formula is C15H30N2O2. The summed E-state index contributed by atoms with van der Waals surface area (Å²) in [4.78, 5) is 11.9. The lowest BCUT2D eigenvalue weighted by Gasteiger charge is -2.28. The van der Waals surface area contributed by atoms with Gasteiger partial charge in [-0.1, -0.05) is 27.2 Å². The first kappa shape index (κ1) is 16.4. The van der Waals surface area contributed by atoms with Gasteiger partial charge < -0.3 is 15.7 Å². The summed E-state index contributed by atoms with van der Waals surface area (Å²) in [6.07, 6.45) is 3.43. The Labute approximate surface area is 117 Å². The van der Waals surface area contributed by atoms with Crippen LogP contribution >= 0.6 is 0 Å². The van der Waals surface area contributed by atoms with E-state index in [1.165, 1.54) is 12.8 Å². The predicted octanol–water partition coefficient (Wildman–Crippen LogP) is 1.54. The third-order valence-electron chi connectivity index (χ3n) is 4.51. The Balaban J connectivity index is 2.22. The number of carbonyl (C=O) groups excluding carboxylic acids is 1. The van der Waals surface area contributed by atoms with Gasteiger partial charge >= 0.3 is 0 Å². The number of hydrogen-bond acceptors (Lipinski definition) is 3. The first-order valence-electron chi connectivity index (χ1n) is 7.70. The van der Waals surface area contributed by atoms with Gasteiger partial charge in [0, 0.05) is 13.0 Å². The van der Waals surface area contributed by atoms with Crippen LogP contribution in [0.2, 0.25) is 0 Å². The van der Waals surface area contributed by atoms with Gasteiger partial charge in [-0.15, -0.1) is 0 Å². The zero-order valence-electron chi connectivity index (χ0n) is 12.6. The molecule has 1 aliphatic rings. The van der Waals surface area contributed by atoms with Crippen molar-refractivity contribution in [3.8, 4) is 0 Å². The zero-order chi connectivity index (χ0) is 14.3. The maximum atomic E-state index is 11.9. The lowest BCUT2D eigenvalue weighted by molar-refractivity contribution is -0.123. The standard InChI is InChI=1S/C15H30N2O2/c1-4-11(2)14(18)10-17-15(19)9-12(3)13-5-7-16-8-6-13/h11-14,16,18H,4-10H2,1-3H3,(H,17,19). The third kappa shape index (κ3) is 5.91. The minimum Gasteiger partial charge on any atom is -0.391 e. The lowest BCUT2D eigenvalue weighted by atomic mass is 9.84. The van der Waals surface area contributed by atoms with E-state index in [2.05, 4.69) is 24.5 Å². The highest BCUT2D eigenvalue weighted by atomic mass is 16.3. The average molecular weight is 270 g/mol. The number of piperidine rings is 1. The fourth-order valence-electron chi connectivity index (χ4n) is 2.64. The minimum atomic E-state index is -0.428. The summed E-state index contributed by atoms with van der Waals surface area (Å²) >= 11 is 0. The third-order valence-corrected chi connectivity index (χ3v) is 4.51. The normalized spacial score (nSPS) is 21.7. The van der Waals surface area contributed by atoms with Crippen LogP contribution in [0.3, 0.4) is 0 Å². The smallest absolute Gasteiger partial charge is 0.220 e. The van der Waals surface area contributed by atoms with Crippen molar-refractivity contribution in [3.05, 3.63) is 0 Å². The number of aliphatic hydroxyl groups excluding tert-OH is 1. The number of aliphatic hydroxyl groups is 1. The first-order chi connectivity index (χ1) is 9.04. The molecule has 19 heavy (non-hydrogen) atoms. The molecule has 1 heterocycles. The zero-order valence-corrected chi connectivity index (χ0v) is 12.6. The van der Waals surface area contributed by atoms with E-state index < -0.39 is 6.10 Å². The molecule has 0 radical (unpaired) electrons. The van der Waals surface area contributed by atoms with Crippen molar-refractivity contribution in [2.75, 3.05) is 19.6 Å². The van der Waals surface area contributed by atoms with Gasteiger partial charge in [-0.2, -0.15) is 0 Å². The number of carbonyl (C=O) groups is 1. The van der Waals surface area contributed by atoms with E-state index in [9.17, 15) is 9.90 Å². The van der Waals surface area contributed by atoms with Crippen LogP contribution in [0.15, 0.2) is 0 Å². The Morgan fingerprint density at radius 3 is 2.58 bits per heavy atom. The van der Waals surface area contributed by atoms with Crippen LogP contribution in [0.1, 0.15) is 46.5 Å². The van der Waals surface area contributed by atoms with E-state index in [0.717, 1.165) is 19.5 Å². The Kier molecular flexibility index (Phi) is 7.39. The van der Waals surface area contributed by atoms with E-state index in [1.54, 1.807) is 0 Å². The fraction of sp³-hybridized carbons (Fsp3) is 0.933. The van der Waals surface area contributed by atoms with E-state index in [0.29, 0.717) is 24.8 Å². The van der Waals surface area contributed by atoms with Gasteiger partial charge in [-0.3, -0.25) is 4.79 Å². The maximum absolute atomic E-state index is 11.9. The van der Waals surface area contributed by atoms with Crippen LogP contribution in [0.4, 0.5) is 0 Å². The largest absolute Gasteiger partial charge is 0.391 e. The van der Waals surface area contributed by atoms with E-state index in [-0.39, 0.29) is 11.8 Å². The maximum Gasteiger partial charge on any atom is 0.220 e. The second-order valence-electron chi connectivity index (χ2n) is 6.03. The highest BCUT2D eigenvalue weighted by Crippen LogP contribution is 2.24. The van der Waals surface area contributed by atoms with Gasteiger partial charge in [0.15, 0.2) is 0 Å². The van der Waals surface area contributed by atoms with Crippen molar-refractivity contribution in [2.45, 2.75) is 52.6 Å². The van der Waals surface area contributed by atoms with Gasteiger partial charge in [0.1, 0.15) is 0 Å². The summed E-state index contributed by atoms with van der Waals surface area (Å²) in [7, 11) is 0. The predicted molar refractivity (Wildman–Crippen MR) is 77.8 cm³/mol. The number of amides is 1. The Morgan fingerprint density at radius 1 is 1.37 bits per heavy atom. The molecule has 0 saturated carbocycles. The lowest BCUT2D eigenvalue weighted by Crippen LogP contribution is -2.37. The van der Waals surface area contributed by atoms with E-state index in [4.69, 9.17) is 0 Å². The molecule has 0 aromatic heterocycles.